The number of rotatable bonds is 2. The minimum atomic E-state index is 0.625. The van der Waals surface area contributed by atoms with E-state index in [1.165, 1.54) is 0 Å². The van der Waals surface area contributed by atoms with Crippen LogP contribution < -0.4 is 10.5 Å². The number of aromatic nitrogens is 1. The maximum atomic E-state index is 5.93. The van der Waals surface area contributed by atoms with Crippen molar-refractivity contribution in [3.63, 3.8) is 0 Å². The van der Waals surface area contributed by atoms with Gasteiger partial charge in [-0.2, -0.15) is 0 Å². The summed E-state index contributed by atoms with van der Waals surface area (Å²) in [4.78, 5) is 4.63. The minimum Gasteiger partial charge on any atom is -0.495 e. The molecule has 0 aliphatic heterocycles. The third-order valence-corrected chi connectivity index (χ3v) is 4.40. The highest BCUT2D eigenvalue weighted by Gasteiger charge is 2.08. The monoisotopic (exact) mass is 334 g/mol. The summed E-state index contributed by atoms with van der Waals surface area (Å²) in [5.41, 5.74) is 8.56. The molecular weight excluding hydrogens is 324 g/mol. The van der Waals surface area contributed by atoms with Crippen LogP contribution in [0, 0.1) is 0 Å². The van der Waals surface area contributed by atoms with Gasteiger partial charge in [0.1, 0.15) is 10.8 Å². The zero-order valence-electron chi connectivity index (χ0n) is 10.2. The molecule has 3 rings (SSSR count). The number of nitrogens with zero attached hydrogens (tertiary/aromatic N) is 1. The van der Waals surface area contributed by atoms with Gasteiger partial charge in [0.2, 0.25) is 0 Å². The summed E-state index contributed by atoms with van der Waals surface area (Å²) in [5, 5.41) is 0.961. The van der Waals surface area contributed by atoms with E-state index in [2.05, 4.69) is 27.0 Å². The van der Waals surface area contributed by atoms with E-state index in [-0.39, 0.29) is 0 Å². The van der Waals surface area contributed by atoms with Gasteiger partial charge < -0.3 is 10.5 Å². The Morgan fingerprint density at radius 1 is 1.21 bits per heavy atom. The predicted molar refractivity (Wildman–Crippen MR) is 83.7 cm³/mol. The third-order valence-electron chi connectivity index (χ3n) is 2.83. The molecule has 0 aliphatic carbocycles. The number of benzene rings is 2. The van der Waals surface area contributed by atoms with E-state index >= 15 is 0 Å². The molecule has 0 aliphatic rings. The van der Waals surface area contributed by atoms with E-state index in [4.69, 9.17) is 10.5 Å². The number of methoxy groups -OCH3 is 1. The summed E-state index contributed by atoms with van der Waals surface area (Å²) in [7, 11) is 1.61. The molecule has 0 saturated carbocycles. The average Bonchev–Trinajstić information content (AvgIpc) is 2.81. The lowest BCUT2D eigenvalue weighted by atomic mass is 10.2. The molecular formula is C14H11BrN2OS. The molecule has 0 saturated heterocycles. The zero-order valence-corrected chi connectivity index (χ0v) is 12.6. The van der Waals surface area contributed by atoms with Crippen LogP contribution in [0.4, 0.5) is 5.69 Å². The Hall–Kier alpha value is -1.59. The molecule has 3 aromatic rings. The number of ether oxygens (including phenoxy) is 1. The summed E-state index contributed by atoms with van der Waals surface area (Å²) in [6.45, 7) is 0. The van der Waals surface area contributed by atoms with Gasteiger partial charge in [0.25, 0.3) is 0 Å². The molecule has 2 N–H and O–H groups in total. The normalized spacial score (nSPS) is 10.8. The van der Waals surface area contributed by atoms with Crippen LogP contribution in [0.1, 0.15) is 0 Å². The van der Waals surface area contributed by atoms with E-state index in [1.807, 2.05) is 30.3 Å². The number of halogens is 1. The summed E-state index contributed by atoms with van der Waals surface area (Å²) < 4.78 is 7.36. The van der Waals surface area contributed by atoms with Crippen molar-refractivity contribution in [2.45, 2.75) is 0 Å². The molecule has 1 heterocycles. The summed E-state index contributed by atoms with van der Waals surface area (Å²) in [6.07, 6.45) is 0. The fraction of sp³-hybridized carbons (Fsp3) is 0.0714. The van der Waals surface area contributed by atoms with E-state index in [1.54, 1.807) is 18.4 Å². The van der Waals surface area contributed by atoms with Gasteiger partial charge in [-0.15, -0.1) is 11.3 Å². The Kier molecular flexibility index (Phi) is 3.16. The number of nitrogen functional groups attached to an aromatic ring is 1. The van der Waals surface area contributed by atoms with Crippen molar-refractivity contribution in [3.8, 4) is 16.3 Å². The smallest absolute Gasteiger partial charge is 0.141 e. The maximum absolute atomic E-state index is 5.93. The lowest BCUT2D eigenvalue weighted by Gasteiger charge is -2.04. The first-order valence-corrected chi connectivity index (χ1v) is 7.28. The fourth-order valence-electron chi connectivity index (χ4n) is 1.89. The van der Waals surface area contributed by atoms with Crippen LogP contribution in [0.3, 0.4) is 0 Å². The Labute approximate surface area is 123 Å². The molecule has 0 fully saturated rings. The highest BCUT2D eigenvalue weighted by Crippen LogP contribution is 2.34. The second-order valence-electron chi connectivity index (χ2n) is 4.09. The number of hydrogen-bond acceptors (Lipinski definition) is 4. The van der Waals surface area contributed by atoms with Crippen LogP contribution in [0.5, 0.6) is 5.75 Å². The first-order chi connectivity index (χ1) is 9.17. The van der Waals surface area contributed by atoms with Gasteiger partial charge in [0, 0.05) is 10.0 Å². The zero-order chi connectivity index (χ0) is 13.4. The van der Waals surface area contributed by atoms with Crippen LogP contribution in [0.15, 0.2) is 40.9 Å². The van der Waals surface area contributed by atoms with Gasteiger partial charge >= 0.3 is 0 Å². The Morgan fingerprint density at radius 3 is 2.79 bits per heavy atom. The molecule has 0 radical (unpaired) electrons. The number of fused-ring (bicyclic) bond motifs is 1. The van der Waals surface area contributed by atoms with Crippen LogP contribution >= 0.6 is 27.3 Å². The third kappa shape index (κ3) is 2.31. The average molecular weight is 335 g/mol. The van der Waals surface area contributed by atoms with Gasteiger partial charge in [-0.3, -0.25) is 0 Å². The van der Waals surface area contributed by atoms with E-state index < -0.39 is 0 Å². The van der Waals surface area contributed by atoms with E-state index in [9.17, 15) is 0 Å². The van der Waals surface area contributed by atoms with Crippen LogP contribution in [-0.2, 0) is 0 Å². The number of anilines is 1. The van der Waals surface area contributed by atoms with Crippen LogP contribution in [-0.4, -0.2) is 12.1 Å². The molecule has 0 amide bonds. The van der Waals surface area contributed by atoms with Crippen LogP contribution in [0.25, 0.3) is 20.8 Å². The second-order valence-corrected chi connectivity index (χ2v) is 6.03. The standard InChI is InChI=1S/C14H11BrN2OS/c1-18-12-4-2-8(6-10(12)16)14-17-11-7-9(15)3-5-13(11)19-14/h2-7H,16H2,1H3. The number of hydrogen-bond donors (Lipinski definition) is 1. The largest absolute Gasteiger partial charge is 0.495 e. The Bertz CT molecular complexity index is 754. The van der Waals surface area contributed by atoms with Gasteiger partial charge in [-0.25, -0.2) is 4.98 Å². The topological polar surface area (TPSA) is 48.1 Å². The Morgan fingerprint density at radius 2 is 2.05 bits per heavy atom. The van der Waals surface area contributed by atoms with Crippen molar-refractivity contribution in [1.82, 2.24) is 4.98 Å². The van der Waals surface area contributed by atoms with Crippen molar-refractivity contribution >= 4 is 43.2 Å². The molecule has 1 aromatic heterocycles. The first kappa shape index (κ1) is 12.4. The van der Waals surface area contributed by atoms with Crippen molar-refractivity contribution in [3.05, 3.63) is 40.9 Å². The quantitative estimate of drug-likeness (QED) is 0.710. The summed E-state index contributed by atoms with van der Waals surface area (Å²) >= 11 is 5.11. The lowest BCUT2D eigenvalue weighted by molar-refractivity contribution is 0.417. The molecule has 0 spiro atoms. The van der Waals surface area contributed by atoms with Gasteiger partial charge in [-0.05, 0) is 36.4 Å². The highest BCUT2D eigenvalue weighted by atomic mass is 79.9. The number of thiazole rings is 1. The molecule has 0 atom stereocenters. The Balaban J connectivity index is 2.11. The SMILES string of the molecule is COc1ccc(-c2nc3cc(Br)ccc3s2)cc1N. The second kappa shape index (κ2) is 4.83. The first-order valence-electron chi connectivity index (χ1n) is 5.67. The summed E-state index contributed by atoms with van der Waals surface area (Å²) in [5.74, 6) is 0.688. The van der Waals surface area contributed by atoms with Gasteiger partial charge in [0.05, 0.1) is 23.0 Å². The molecule has 5 heteroatoms. The summed E-state index contributed by atoms with van der Waals surface area (Å²) in [6, 6.07) is 11.8. The molecule has 2 aromatic carbocycles. The van der Waals surface area contributed by atoms with Crippen molar-refractivity contribution in [1.29, 1.82) is 0 Å². The van der Waals surface area contributed by atoms with Crippen LogP contribution in [0.2, 0.25) is 0 Å². The predicted octanol–water partition coefficient (Wildman–Crippen LogP) is 4.32. The van der Waals surface area contributed by atoms with Crippen molar-refractivity contribution in [2.75, 3.05) is 12.8 Å². The maximum Gasteiger partial charge on any atom is 0.141 e. The van der Waals surface area contributed by atoms with Crippen molar-refractivity contribution in [2.24, 2.45) is 0 Å². The molecule has 19 heavy (non-hydrogen) atoms. The van der Waals surface area contributed by atoms with E-state index in [0.29, 0.717) is 11.4 Å². The number of nitrogens with two attached hydrogens (primary N) is 1. The lowest BCUT2D eigenvalue weighted by Crippen LogP contribution is -1.92. The van der Waals surface area contributed by atoms with Gasteiger partial charge in [0.15, 0.2) is 0 Å². The highest BCUT2D eigenvalue weighted by molar-refractivity contribution is 9.10. The van der Waals surface area contributed by atoms with Gasteiger partial charge in [-0.1, -0.05) is 15.9 Å². The minimum absolute atomic E-state index is 0.625. The molecule has 96 valence electrons. The molecule has 0 unspecified atom stereocenters. The fourth-order valence-corrected chi connectivity index (χ4v) is 3.18. The molecule has 3 nitrogen and oxygen atoms in total. The van der Waals surface area contributed by atoms with Crippen molar-refractivity contribution < 1.29 is 4.74 Å². The van der Waals surface area contributed by atoms with E-state index in [0.717, 1.165) is 25.3 Å². The molecule has 0 bridgehead atoms.